The molecule has 0 bridgehead atoms. The van der Waals surface area contributed by atoms with Crippen molar-refractivity contribution in [3.8, 4) is 0 Å². The second-order valence-corrected chi connectivity index (χ2v) is 5.82. The van der Waals surface area contributed by atoms with Crippen molar-refractivity contribution in [2.24, 2.45) is 5.73 Å². The van der Waals surface area contributed by atoms with E-state index in [-0.39, 0.29) is 6.61 Å². The summed E-state index contributed by atoms with van der Waals surface area (Å²) in [5.41, 5.74) is 5.98. The van der Waals surface area contributed by atoms with Crippen LogP contribution in [0.15, 0.2) is 4.47 Å². The number of rotatable bonds is 9. The molecule has 1 aromatic rings. The number of hydrogen-bond donors (Lipinski definition) is 1. The quantitative estimate of drug-likeness (QED) is 0.745. The number of halogens is 2. The van der Waals surface area contributed by atoms with Crippen molar-refractivity contribution in [3.05, 3.63) is 15.9 Å². The fourth-order valence-electron chi connectivity index (χ4n) is 2.38. The van der Waals surface area contributed by atoms with Crippen LogP contribution in [0.3, 0.4) is 0 Å². The lowest BCUT2D eigenvalue weighted by Crippen LogP contribution is -2.33. The Balaban J connectivity index is 3.00. The number of aryl methyl sites for hydroxylation is 2. The van der Waals surface area contributed by atoms with Crippen LogP contribution in [0.1, 0.15) is 38.1 Å². The van der Waals surface area contributed by atoms with E-state index in [1.807, 2.05) is 18.5 Å². The lowest BCUT2D eigenvalue weighted by Gasteiger charge is -2.25. The molecule has 1 aromatic heterocycles. The van der Waals surface area contributed by atoms with Crippen molar-refractivity contribution in [2.45, 2.75) is 51.7 Å². The van der Waals surface area contributed by atoms with Crippen LogP contribution in [0.2, 0.25) is 0 Å². The normalized spacial score (nSPS) is 14.5. The molecular formula is C14H25BrFN3O. The predicted octanol–water partition coefficient (Wildman–Crippen LogP) is 2.86. The van der Waals surface area contributed by atoms with Crippen LogP contribution >= 0.6 is 15.9 Å². The van der Waals surface area contributed by atoms with Crippen LogP contribution in [-0.2, 0) is 24.1 Å². The Morgan fingerprint density at radius 1 is 1.45 bits per heavy atom. The molecule has 1 rings (SSSR count). The molecule has 1 heterocycles. The standard InChI is InChI=1S/C14H25BrFN3O/c1-4-11-13(15)12(19(5-2)18-11)9-14(16,10-20-3)7-6-8-17/h4-10,17H2,1-3H3. The van der Waals surface area contributed by atoms with Gasteiger partial charge in [-0.1, -0.05) is 6.92 Å². The van der Waals surface area contributed by atoms with E-state index in [0.717, 1.165) is 28.8 Å². The smallest absolute Gasteiger partial charge is 0.139 e. The molecule has 0 aliphatic carbocycles. The highest BCUT2D eigenvalue weighted by molar-refractivity contribution is 9.10. The first-order valence-electron chi connectivity index (χ1n) is 7.13. The Labute approximate surface area is 129 Å². The number of ether oxygens (including phenoxy) is 1. The molecule has 0 aliphatic rings. The van der Waals surface area contributed by atoms with Gasteiger partial charge in [-0.05, 0) is 48.7 Å². The number of alkyl halides is 1. The first-order valence-corrected chi connectivity index (χ1v) is 7.92. The Kier molecular flexibility index (Phi) is 7.12. The van der Waals surface area contributed by atoms with E-state index in [1.54, 1.807) is 0 Å². The van der Waals surface area contributed by atoms with Crippen LogP contribution in [0.5, 0.6) is 0 Å². The minimum atomic E-state index is -1.39. The minimum absolute atomic E-state index is 0.0792. The van der Waals surface area contributed by atoms with E-state index >= 15 is 4.39 Å². The van der Waals surface area contributed by atoms with Crippen molar-refractivity contribution in [2.75, 3.05) is 20.3 Å². The molecule has 0 aliphatic heterocycles. The van der Waals surface area contributed by atoms with Crippen LogP contribution in [-0.4, -0.2) is 35.7 Å². The average Bonchev–Trinajstić information content (AvgIpc) is 2.73. The molecule has 2 N–H and O–H groups in total. The van der Waals surface area contributed by atoms with Crippen molar-refractivity contribution in [1.29, 1.82) is 0 Å². The van der Waals surface area contributed by atoms with Gasteiger partial charge in [-0.15, -0.1) is 0 Å². The summed E-state index contributed by atoms with van der Waals surface area (Å²) >= 11 is 3.56. The van der Waals surface area contributed by atoms with E-state index in [1.165, 1.54) is 7.11 Å². The van der Waals surface area contributed by atoms with Crippen molar-refractivity contribution >= 4 is 15.9 Å². The van der Waals surface area contributed by atoms with Gasteiger partial charge in [0.05, 0.1) is 22.5 Å². The van der Waals surface area contributed by atoms with Crippen molar-refractivity contribution < 1.29 is 9.13 Å². The summed E-state index contributed by atoms with van der Waals surface area (Å²) in [4.78, 5) is 0. The lowest BCUT2D eigenvalue weighted by molar-refractivity contribution is 0.0319. The third-order valence-corrected chi connectivity index (χ3v) is 4.33. The number of hydrogen-bond acceptors (Lipinski definition) is 3. The maximum absolute atomic E-state index is 15.0. The minimum Gasteiger partial charge on any atom is -0.381 e. The maximum Gasteiger partial charge on any atom is 0.139 e. The summed E-state index contributed by atoms with van der Waals surface area (Å²) in [5.74, 6) is 0. The average molecular weight is 350 g/mol. The molecule has 0 saturated heterocycles. The highest BCUT2D eigenvalue weighted by Gasteiger charge is 2.32. The summed E-state index contributed by atoms with van der Waals surface area (Å²) in [7, 11) is 1.53. The topological polar surface area (TPSA) is 53.1 Å². The molecule has 0 saturated carbocycles. The molecule has 4 nitrogen and oxygen atoms in total. The van der Waals surface area contributed by atoms with Crippen molar-refractivity contribution in [3.63, 3.8) is 0 Å². The number of nitrogens with zero attached hydrogens (tertiary/aromatic N) is 2. The maximum atomic E-state index is 15.0. The largest absolute Gasteiger partial charge is 0.381 e. The van der Waals surface area contributed by atoms with Gasteiger partial charge in [0.15, 0.2) is 0 Å². The summed E-state index contributed by atoms with van der Waals surface area (Å²) in [5, 5.41) is 4.51. The zero-order chi connectivity index (χ0) is 15.2. The molecule has 0 fully saturated rings. The van der Waals surface area contributed by atoms with Gasteiger partial charge < -0.3 is 10.5 Å². The second kappa shape index (κ2) is 8.10. The number of aromatic nitrogens is 2. The fourth-order valence-corrected chi connectivity index (χ4v) is 3.08. The zero-order valence-corrected chi connectivity index (χ0v) is 14.2. The summed E-state index contributed by atoms with van der Waals surface area (Å²) in [6, 6.07) is 0. The summed E-state index contributed by atoms with van der Waals surface area (Å²) in [6.45, 7) is 5.36. The Morgan fingerprint density at radius 3 is 2.65 bits per heavy atom. The van der Waals surface area contributed by atoms with E-state index in [4.69, 9.17) is 10.5 Å². The van der Waals surface area contributed by atoms with Gasteiger partial charge in [-0.25, -0.2) is 4.39 Å². The number of methoxy groups -OCH3 is 1. The Bertz CT molecular complexity index is 425. The van der Waals surface area contributed by atoms with Gasteiger partial charge in [-0.2, -0.15) is 5.10 Å². The molecule has 0 amide bonds. The summed E-state index contributed by atoms with van der Waals surface area (Å²) in [6.07, 6.45) is 2.17. The molecule has 6 heteroatoms. The van der Waals surface area contributed by atoms with Gasteiger partial charge in [-0.3, -0.25) is 4.68 Å². The SMILES string of the molecule is CCc1nn(CC)c(CC(F)(CCCN)COC)c1Br. The lowest BCUT2D eigenvalue weighted by atomic mass is 9.94. The van der Waals surface area contributed by atoms with Crippen LogP contribution < -0.4 is 5.73 Å². The molecule has 20 heavy (non-hydrogen) atoms. The second-order valence-electron chi connectivity index (χ2n) is 5.03. The zero-order valence-electron chi connectivity index (χ0n) is 12.6. The third kappa shape index (κ3) is 4.27. The van der Waals surface area contributed by atoms with E-state index in [9.17, 15) is 0 Å². The molecule has 0 aromatic carbocycles. The predicted molar refractivity (Wildman–Crippen MR) is 82.7 cm³/mol. The molecule has 0 spiro atoms. The van der Waals surface area contributed by atoms with Gasteiger partial charge >= 0.3 is 0 Å². The third-order valence-electron chi connectivity index (χ3n) is 3.41. The van der Waals surface area contributed by atoms with E-state index < -0.39 is 5.67 Å². The van der Waals surface area contributed by atoms with Crippen LogP contribution in [0.4, 0.5) is 4.39 Å². The molecule has 1 atom stereocenters. The first-order chi connectivity index (χ1) is 9.51. The summed E-state index contributed by atoms with van der Waals surface area (Å²) < 4.78 is 22.9. The van der Waals surface area contributed by atoms with E-state index in [2.05, 4.69) is 21.0 Å². The van der Waals surface area contributed by atoms with Crippen LogP contribution in [0.25, 0.3) is 0 Å². The Hall–Kier alpha value is -0.460. The monoisotopic (exact) mass is 349 g/mol. The van der Waals surface area contributed by atoms with Crippen LogP contribution in [0, 0.1) is 0 Å². The molecule has 116 valence electrons. The highest BCUT2D eigenvalue weighted by atomic mass is 79.9. The van der Waals surface area contributed by atoms with Gasteiger partial charge in [0.1, 0.15) is 5.67 Å². The Morgan fingerprint density at radius 2 is 2.15 bits per heavy atom. The molecule has 1 unspecified atom stereocenters. The van der Waals surface area contributed by atoms with Gasteiger partial charge in [0.2, 0.25) is 0 Å². The highest BCUT2D eigenvalue weighted by Crippen LogP contribution is 2.30. The number of nitrogens with two attached hydrogens (primary N) is 1. The fraction of sp³-hybridized carbons (Fsp3) is 0.786. The first kappa shape index (κ1) is 17.6. The van der Waals surface area contributed by atoms with Crippen molar-refractivity contribution in [1.82, 2.24) is 9.78 Å². The molecule has 0 radical (unpaired) electrons. The van der Waals surface area contributed by atoms with E-state index in [0.29, 0.717) is 25.8 Å². The van der Waals surface area contributed by atoms with Gasteiger partial charge in [0.25, 0.3) is 0 Å². The van der Waals surface area contributed by atoms with Gasteiger partial charge in [0, 0.05) is 20.1 Å². The molecular weight excluding hydrogens is 325 g/mol.